The van der Waals surface area contributed by atoms with Gasteiger partial charge in [-0.25, -0.2) is 0 Å². The van der Waals surface area contributed by atoms with Gasteiger partial charge in [0, 0.05) is 38.4 Å². The summed E-state index contributed by atoms with van der Waals surface area (Å²) in [6.45, 7) is 5.31. The lowest BCUT2D eigenvalue weighted by Crippen LogP contribution is -2.50. The maximum atomic E-state index is 5.80. The standard InChI is InChI=1S/C13H20N4/c14-8-11-3-4-15-9-13(11)17-7-6-16-5-1-2-12(16)10-17/h3-4,9,12H,1-2,5-8,10,14H2. The molecule has 4 heteroatoms. The Kier molecular flexibility index (Phi) is 2.99. The normalized spacial score (nSPS) is 25.0. The number of nitrogens with zero attached hydrogens (tertiary/aromatic N) is 3. The fraction of sp³-hybridized carbons (Fsp3) is 0.615. The molecule has 3 heterocycles. The summed E-state index contributed by atoms with van der Waals surface area (Å²) in [5.41, 5.74) is 8.25. The maximum absolute atomic E-state index is 5.80. The number of aromatic nitrogens is 1. The second kappa shape index (κ2) is 4.63. The van der Waals surface area contributed by atoms with E-state index in [1.54, 1.807) is 0 Å². The molecule has 2 N–H and O–H groups in total. The summed E-state index contributed by atoms with van der Waals surface area (Å²) in [5.74, 6) is 0. The lowest BCUT2D eigenvalue weighted by atomic mass is 10.1. The number of hydrogen-bond donors (Lipinski definition) is 1. The van der Waals surface area contributed by atoms with Gasteiger partial charge in [0.25, 0.3) is 0 Å². The summed E-state index contributed by atoms with van der Waals surface area (Å²) in [6.07, 6.45) is 6.49. The first-order valence-corrected chi connectivity index (χ1v) is 6.50. The molecule has 17 heavy (non-hydrogen) atoms. The molecule has 1 atom stereocenters. The Hall–Kier alpha value is -1.13. The van der Waals surface area contributed by atoms with Crippen LogP contribution in [0.2, 0.25) is 0 Å². The lowest BCUT2D eigenvalue weighted by molar-refractivity contribution is 0.231. The fourth-order valence-corrected chi connectivity index (χ4v) is 3.08. The molecule has 2 aliphatic rings. The minimum absolute atomic E-state index is 0.600. The molecule has 1 aromatic heterocycles. The van der Waals surface area contributed by atoms with Crippen LogP contribution in [-0.4, -0.2) is 42.1 Å². The number of pyridine rings is 1. The van der Waals surface area contributed by atoms with E-state index >= 15 is 0 Å². The second-order valence-corrected chi connectivity index (χ2v) is 4.99. The van der Waals surface area contributed by atoms with Crippen LogP contribution in [-0.2, 0) is 6.54 Å². The zero-order chi connectivity index (χ0) is 11.7. The van der Waals surface area contributed by atoms with Gasteiger partial charge in [0.1, 0.15) is 0 Å². The van der Waals surface area contributed by atoms with E-state index in [2.05, 4.69) is 14.8 Å². The minimum Gasteiger partial charge on any atom is -0.367 e. The number of anilines is 1. The molecule has 0 bridgehead atoms. The molecule has 1 unspecified atom stereocenters. The summed E-state index contributed by atoms with van der Waals surface area (Å²) in [5, 5.41) is 0. The van der Waals surface area contributed by atoms with Gasteiger partial charge in [0.2, 0.25) is 0 Å². The van der Waals surface area contributed by atoms with Crippen LogP contribution < -0.4 is 10.6 Å². The van der Waals surface area contributed by atoms with E-state index in [9.17, 15) is 0 Å². The molecule has 0 amide bonds. The summed E-state index contributed by atoms with van der Waals surface area (Å²) in [6, 6.07) is 2.78. The molecular weight excluding hydrogens is 212 g/mol. The van der Waals surface area contributed by atoms with Crippen molar-refractivity contribution in [2.24, 2.45) is 5.73 Å². The van der Waals surface area contributed by atoms with Gasteiger partial charge in [-0.1, -0.05) is 0 Å². The molecule has 0 aromatic carbocycles. The highest BCUT2D eigenvalue weighted by Gasteiger charge is 2.31. The Balaban J connectivity index is 1.80. The highest BCUT2D eigenvalue weighted by molar-refractivity contribution is 5.52. The second-order valence-electron chi connectivity index (χ2n) is 4.99. The van der Waals surface area contributed by atoms with Crippen molar-refractivity contribution in [3.05, 3.63) is 24.0 Å². The third-order valence-corrected chi connectivity index (χ3v) is 4.04. The van der Waals surface area contributed by atoms with Gasteiger partial charge in [-0.3, -0.25) is 9.88 Å². The Morgan fingerprint density at radius 2 is 2.29 bits per heavy atom. The predicted octanol–water partition coefficient (Wildman–Crippen LogP) is 0.825. The third kappa shape index (κ3) is 2.03. The molecule has 0 aliphatic carbocycles. The Morgan fingerprint density at radius 3 is 3.18 bits per heavy atom. The summed E-state index contributed by atoms with van der Waals surface area (Å²) >= 11 is 0. The zero-order valence-corrected chi connectivity index (χ0v) is 10.2. The van der Waals surface area contributed by atoms with Crippen molar-refractivity contribution >= 4 is 5.69 Å². The average molecular weight is 232 g/mol. The molecule has 0 saturated carbocycles. The van der Waals surface area contributed by atoms with Crippen molar-refractivity contribution in [2.75, 3.05) is 31.1 Å². The van der Waals surface area contributed by atoms with Gasteiger partial charge in [-0.15, -0.1) is 0 Å². The SMILES string of the molecule is NCc1ccncc1N1CCN2CCCC2C1. The van der Waals surface area contributed by atoms with Crippen LogP contribution in [0.15, 0.2) is 18.5 Å². The molecule has 2 fully saturated rings. The molecule has 1 aromatic rings. The topological polar surface area (TPSA) is 45.4 Å². The molecule has 2 aliphatic heterocycles. The lowest BCUT2D eigenvalue weighted by Gasteiger charge is -2.39. The van der Waals surface area contributed by atoms with E-state index in [4.69, 9.17) is 5.73 Å². The van der Waals surface area contributed by atoms with Gasteiger partial charge in [0.05, 0.1) is 11.9 Å². The number of fused-ring (bicyclic) bond motifs is 1. The smallest absolute Gasteiger partial charge is 0.0599 e. The monoisotopic (exact) mass is 232 g/mol. The molecule has 3 rings (SSSR count). The Bertz CT molecular complexity index is 393. The fourth-order valence-electron chi connectivity index (χ4n) is 3.08. The van der Waals surface area contributed by atoms with E-state index in [1.165, 1.54) is 37.2 Å². The van der Waals surface area contributed by atoms with Gasteiger partial charge >= 0.3 is 0 Å². The number of hydrogen-bond acceptors (Lipinski definition) is 4. The van der Waals surface area contributed by atoms with Crippen molar-refractivity contribution in [3.63, 3.8) is 0 Å². The van der Waals surface area contributed by atoms with E-state index in [-0.39, 0.29) is 0 Å². The molecule has 0 radical (unpaired) electrons. The Morgan fingerprint density at radius 1 is 1.35 bits per heavy atom. The van der Waals surface area contributed by atoms with Gasteiger partial charge in [0.15, 0.2) is 0 Å². The number of piperazine rings is 1. The van der Waals surface area contributed by atoms with Crippen LogP contribution in [0.3, 0.4) is 0 Å². The quantitative estimate of drug-likeness (QED) is 0.820. The van der Waals surface area contributed by atoms with E-state index in [0.717, 1.165) is 19.1 Å². The van der Waals surface area contributed by atoms with E-state index < -0.39 is 0 Å². The molecule has 0 spiro atoms. The third-order valence-electron chi connectivity index (χ3n) is 4.04. The van der Waals surface area contributed by atoms with Crippen LogP contribution in [0.5, 0.6) is 0 Å². The molecule has 4 nitrogen and oxygen atoms in total. The van der Waals surface area contributed by atoms with Crippen LogP contribution in [0.1, 0.15) is 18.4 Å². The van der Waals surface area contributed by atoms with Crippen LogP contribution in [0, 0.1) is 0 Å². The first kappa shape index (κ1) is 11.0. The van der Waals surface area contributed by atoms with Crippen molar-refractivity contribution in [1.29, 1.82) is 0 Å². The van der Waals surface area contributed by atoms with Gasteiger partial charge in [-0.05, 0) is 31.0 Å². The molecule has 92 valence electrons. The molecular formula is C13H20N4. The highest BCUT2D eigenvalue weighted by atomic mass is 15.3. The summed E-state index contributed by atoms with van der Waals surface area (Å²) in [4.78, 5) is 9.32. The highest BCUT2D eigenvalue weighted by Crippen LogP contribution is 2.26. The zero-order valence-electron chi connectivity index (χ0n) is 10.2. The minimum atomic E-state index is 0.600. The Labute approximate surface area is 102 Å². The van der Waals surface area contributed by atoms with Gasteiger partial charge in [-0.2, -0.15) is 0 Å². The van der Waals surface area contributed by atoms with Crippen molar-refractivity contribution < 1.29 is 0 Å². The maximum Gasteiger partial charge on any atom is 0.0599 e. The summed E-state index contributed by atoms with van der Waals surface area (Å²) in [7, 11) is 0. The summed E-state index contributed by atoms with van der Waals surface area (Å²) < 4.78 is 0. The van der Waals surface area contributed by atoms with Gasteiger partial charge < -0.3 is 10.6 Å². The van der Waals surface area contributed by atoms with Crippen molar-refractivity contribution in [3.8, 4) is 0 Å². The predicted molar refractivity (Wildman–Crippen MR) is 68.9 cm³/mol. The van der Waals surface area contributed by atoms with Crippen molar-refractivity contribution in [1.82, 2.24) is 9.88 Å². The van der Waals surface area contributed by atoms with E-state index in [1.807, 2.05) is 18.5 Å². The van der Waals surface area contributed by atoms with Crippen LogP contribution in [0.4, 0.5) is 5.69 Å². The number of rotatable bonds is 2. The van der Waals surface area contributed by atoms with Crippen LogP contribution in [0.25, 0.3) is 0 Å². The van der Waals surface area contributed by atoms with Crippen LogP contribution >= 0.6 is 0 Å². The average Bonchev–Trinajstić information content (AvgIpc) is 2.85. The van der Waals surface area contributed by atoms with E-state index in [0.29, 0.717) is 6.54 Å². The number of nitrogens with two attached hydrogens (primary N) is 1. The largest absolute Gasteiger partial charge is 0.367 e. The first-order valence-electron chi connectivity index (χ1n) is 6.50. The molecule has 2 saturated heterocycles. The van der Waals surface area contributed by atoms with Crippen molar-refractivity contribution in [2.45, 2.75) is 25.4 Å². The first-order chi connectivity index (χ1) is 8.38.